The SMILES string of the molecule is Cc1cc(C(=O)NC2CCCCC2)cs1. The number of aryl methyl sites for hydroxylation is 1. The molecular weight excluding hydrogens is 206 g/mol. The fourth-order valence-electron chi connectivity index (χ4n) is 2.08. The van der Waals surface area contributed by atoms with Crippen LogP contribution in [0.4, 0.5) is 0 Å². The summed E-state index contributed by atoms with van der Waals surface area (Å²) in [6.45, 7) is 2.03. The van der Waals surface area contributed by atoms with E-state index in [0.717, 1.165) is 18.4 Å². The molecule has 1 aromatic heterocycles. The largest absolute Gasteiger partial charge is 0.349 e. The number of nitrogens with one attached hydrogen (secondary N) is 1. The van der Waals surface area contributed by atoms with Crippen LogP contribution in [0, 0.1) is 6.92 Å². The van der Waals surface area contributed by atoms with Crippen molar-refractivity contribution in [1.29, 1.82) is 0 Å². The number of thiophene rings is 1. The lowest BCUT2D eigenvalue weighted by atomic mass is 9.95. The highest BCUT2D eigenvalue weighted by atomic mass is 32.1. The first-order valence-corrected chi connectivity index (χ1v) is 6.49. The number of rotatable bonds is 2. The molecule has 0 bridgehead atoms. The van der Waals surface area contributed by atoms with Crippen molar-refractivity contribution in [1.82, 2.24) is 5.32 Å². The van der Waals surface area contributed by atoms with E-state index in [4.69, 9.17) is 0 Å². The Labute approximate surface area is 94.7 Å². The second-order valence-corrected chi connectivity index (χ2v) is 5.37. The van der Waals surface area contributed by atoms with Crippen molar-refractivity contribution in [3.05, 3.63) is 21.9 Å². The number of carbonyl (C=O) groups excluding carboxylic acids is 1. The molecule has 0 spiro atoms. The van der Waals surface area contributed by atoms with Crippen molar-refractivity contribution in [3.63, 3.8) is 0 Å². The highest BCUT2D eigenvalue weighted by molar-refractivity contribution is 7.10. The van der Waals surface area contributed by atoms with Gasteiger partial charge < -0.3 is 5.32 Å². The Bertz CT molecular complexity index is 339. The van der Waals surface area contributed by atoms with Crippen molar-refractivity contribution in [2.24, 2.45) is 0 Å². The van der Waals surface area contributed by atoms with Crippen molar-refractivity contribution in [3.8, 4) is 0 Å². The van der Waals surface area contributed by atoms with Crippen molar-refractivity contribution in [2.45, 2.75) is 45.1 Å². The maximum absolute atomic E-state index is 11.8. The Morgan fingerprint density at radius 3 is 2.73 bits per heavy atom. The molecule has 1 saturated carbocycles. The molecule has 1 amide bonds. The van der Waals surface area contributed by atoms with E-state index in [1.54, 1.807) is 11.3 Å². The van der Waals surface area contributed by atoms with Gasteiger partial charge in [0.05, 0.1) is 5.56 Å². The number of hydrogen-bond acceptors (Lipinski definition) is 2. The predicted octanol–water partition coefficient (Wildman–Crippen LogP) is 3.12. The van der Waals surface area contributed by atoms with E-state index in [-0.39, 0.29) is 5.91 Å². The Kier molecular flexibility index (Phi) is 3.41. The highest BCUT2D eigenvalue weighted by Gasteiger charge is 2.16. The first-order chi connectivity index (χ1) is 7.25. The molecule has 0 aromatic carbocycles. The van der Waals surface area contributed by atoms with Gasteiger partial charge in [-0.1, -0.05) is 19.3 Å². The minimum Gasteiger partial charge on any atom is -0.349 e. The maximum atomic E-state index is 11.8. The summed E-state index contributed by atoms with van der Waals surface area (Å²) in [6, 6.07) is 2.37. The van der Waals surface area contributed by atoms with E-state index in [0.29, 0.717) is 6.04 Å². The normalized spacial score (nSPS) is 17.7. The molecule has 3 heteroatoms. The first-order valence-electron chi connectivity index (χ1n) is 5.62. The third-order valence-corrected chi connectivity index (χ3v) is 3.79. The van der Waals surface area contributed by atoms with E-state index >= 15 is 0 Å². The lowest BCUT2D eigenvalue weighted by molar-refractivity contribution is 0.0928. The highest BCUT2D eigenvalue weighted by Crippen LogP contribution is 2.19. The van der Waals surface area contributed by atoms with Crippen LogP contribution in [-0.2, 0) is 0 Å². The summed E-state index contributed by atoms with van der Waals surface area (Å²) in [5.74, 6) is 0.103. The summed E-state index contributed by atoms with van der Waals surface area (Å²) in [5.41, 5.74) is 0.822. The molecule has 1 aromatic rings. The second-order valence-electron chi connectivity index (χ2n) is 4.25. The average Bonchev–Trinajstić information content (AvgIpc) is 2.66. The predicted molar refractivity (Wildman–Crippen MR) is 63.4 cm³/mol. The molecule has 0 atom stereocenters. The standard InChI is InChI=1S/C12H17NOS/c1-9-7-10(8-15-9)12(14)13-11-5-3-2-4-6-11/h7-8,11H,2-6H2,1H3,(H,13,14). The average molecular weight is 223 g/mol. The van der Waals surface area contributed by atoms with Gasteiger partial charge in [-0.15, -0.1) is 11.3 Å². The van der Waals surface area contributed by atoms with E-state index < -0.39 is 0 Å². The third kappa shape index (κ3) is 2.81. The van der Waals surface area contributed by atoms with Gasteiger partial charge in [0.2, 0.25) is 0 Å². The van der Waals surface area contributed by atoms with Gasteiger partial charge in [-0.05, 0) is 25.8 Å². The fourth-order valence-corrected chi connectivity index (χ4v) is 2.76. The molecular formula is C12H17NOS. The van der Waals surface area contributed by atoms with E-state index in [2.05, 4.69) is 5.32 Å². The molecule has 1 heterocycles. The van der Waals surface area contributed by atoms with Gasteiger partial charge in [0.1, 0.15) is 0 Å². The Balaban J connectivity index is 1.91. The van der Waals surface area contributed by atoms with Crippen LogP contribution in [0.3, 0.4) is 0 Å². The number of carbonyl (C=O) groups is 1. The molecule has 82 valence electrons. The zero-order chi connectivity index (χ0) is 10.7. The summed E-state index contributed by atoms with van der Waals surface area (Å²) >= 11 is 1.63. The molecule has 1 fully saturated rings. The molecule has 0 radical (unpaired) electrons. The van der Waals surface area contributed by atoms with Gasteiger partial charge in [-0.25, -0.2) is 0 Å². The van der Waals surface area contributed by atoms with Crippen LogP contribution >= 0.6 is 11.3 Å². The molecule has 0 saturated heterocycles. The Morgan fingerprint density at radius 1 is 1.40 bits per heavy atom. The molecule has 2 nitrogen and oxygen atoms in total. The Hall–Kier alpha value is -0.830. The number of hydrogen-bond donors (Lipinski definition) is 1. The van der Waals surface area contributed by atoms with Crippen LogP contribution in [-0.4, -0.2) is 11.9 Å². The molecule has 1 aliphatic rings. The molecule has 2 rings (SSSR count). The summed E-state index contributed by atoms with van der Waals surface area (Å²) in [4.78, 5) is 13.0. The second kappa shape index (κ2) is 4.79. The minimum atomic E-state index is 0.103. The summed E-state index contributed by atoms with van der Waals surface area (Å²) < 4.78 is 0. The molecule has 0 unspecified atom stereocenters. The van der Waals surface area contributed by atoms with Crippen molar-refractivity contribution in [2.75, 3.05) is 0 Å². The minimum absolute atomic E-state index is 0.103. The topological polar surface area (TPSA) is 29.1 Å². The van der Waals surface area contributed by atoms with Crippen LogP contribution < -0.4 is 5.32 Å². The molecule has 0 aliphatic heterocycles. The smallest absolute Gasteiger partial charge is 0.252 e. The molecule has 15 heavy (non-hydrogen) atoms. The van der Waals surface area contributed by atoms with Crippen LogP contribution in [0.5, 0.6) is 0 Å². The summed E-state index contributed by atoms with van der Waals surface area (Å²) in [5, 5.41) is 5.05. The third-order valence-electron chi connectivity index (χ3n) is 2.93. The fraction of sp³-hybridized carbons (Fsp3) is 0.583. The van der Waals surface area contributed by atoms with Crippen LogP contribution in [0.15, 0.2) is 11.4 Å². The van der Waals surface area contributed by atoms with Gasteiger partial charge in [-0.2, -0.15) is 0 Å². The molecule has 1 N–H and O–H groups in total. The van der Waals surface area contributed by atoms with Crippen LogP contribution in [0.1, 0.15) is 47.3 Å². The zero-order valence-corrected chi connectivity index (χ0v) is 9.90. The van der Waals surface area contributed by atoms with Gasteiger partial charge in [0.15, 0.2) is 0 Å². The monoisotopic (exact) mass is 223 g/mol. The van der Waals surface area contributed by atoms with Gasteiger partial charge in [0, 0.05) is 16.3 Å². The van der Waals surface area contributed by atoms with Crippen LogP contribution in [0.2, 0.25) is 0 Å². The van der Waals surface area contributed by atoms with Gasteiger partial charge in [-0.3, -0.25) is 4.79 Å². The lowest BCUT2D eigenvalue weighted by Crippen LogP contribution is -2.35. The number of amides is 1. The van der Waals surface area contributed by atoms with Crippen molar-refractivity contribution < 1.29 is 4.79 Å². The quantitative estimate of drug-likeness (QED) is 0.820. The Morgan fingerprint density at radius 2 is 2.13 bits per heavy atom. The summed E-state index contributed by atoms with van der Waals surface area (Å²) in [7, 11) is 0. The van der Waals surface area contributed by atoms with E-state index in [9.17, 15) is 4.79 Å². The zero-order valence-electron chi connectivity index (χ0n) is 9.08. The molecule has 1 aliphatic carbocycles. The maximum Gasteiger partial charge on any atom is 0.252 e. The first kappa shape index (κ1) is 10.7. The van der Waals surface area contributed by atoms with E-state index in [1.165, 1.54) is 24.1 Å². The van der Waals surface area contributed by atoms with Gasteiger partial charge >= 0.3 is 0 Å². The lowest BCUT2D eigenvalue weighted by Gasteiger charge is -2.22. The van der Waals surface area contributed by atoms with E-state index in [1.807, 2.05) is 18.4 Å². The van der Waals surface area contributed by atoms with Crippen molar-refractivity contribution >= 4 is 17.2 Å². The van der Waals surface area contributed by atoms with Crippen LogP contribution in [0.25, 0.3) is 0 Å². The van der Waals surface area contributed by atoms with Gasteiger partial charge in [0.25, 0.3) is 5.91 Å². The summed E-state index contributed by atoms with van der Waals surface area (Å²) in [6.07, 6.45) is 6.13.